The van der Waals surface area contributed by atoms with Crippen molar-refractivity contribution in [1.29, 1.82) is 0 Å². The molecular formula is C20H34O19. The minimum absolute atomic E-state index is 0.665. The molecular weight excluding hydrogens is 544 g/mol. The lowest BCUT2D eigenvalue weighted by Gasteiger charge is -2.42. The van der Waals surface area contributed by atoms with Gasteiger partial charge in [0.05, 0.1) is 19.8 Å². The Balaban J connectivity index is 1.93. The Labute approximate surface area is 219 Å². The first-order valence-electron chi connectivity index (χ1n) is 11.5. The number of carboxylic acids is 1. The lowest BCUT2D eigenvalue weighted by atomic mass is 9.98. The number of aliphatic hydroxyl groups is 11. The highest BCUT2D eigenvalue weighted by Crippen LogP contribution is 2.26. The lowest BCUT2D eigenvalue weighted by Crippen LogP contribution is -2.62. The largest absolute Gasteiger partial charge is 0.479 e. The van der Waals surface area contributed by atoms with Crippen LogP contribution < -0.4 is 0 Å². The summed E-state index contributed by atoms with van der Waals surface area (Å²) in [6.07, 6.45) is -26.2. The van der Waals surface area contributed by atoms with E-state index >= 15 is 0 Å². The van der Waals surface area contributed by atoms with Crippen molar-refractivity contribution >= 4 is 11.9 Å². The molecule has 0 bridgehead atoms. The molecule has 0 aliphatic carbocycles. The van der Waals surface area contributed by atoms with Crippen molar-refractivity contribution in [2.75, 3.05) is 26.4 Å². The van der Waals surface area contributed by atoms with Gasteiger partial charge in [-0.1, -0.05) is 0 Å². The molecule has 14 atom stereocenters. The minimum atomic E-state index is -2.45. The molecule has 19 nitrogen and oxygen atoms in total. The third-order valence-electron chi connectivity index (χ3n) is 6.02. The highest BCUT2D eigenvalue weighted by Gasteiger charge is 2.48. The summed E-state index contributed by atoms with van der Waals surface area (Å²) in [7, 11) is 0. The normalized spacial score (nSPS) is 38.4. The van der Waals surface area contributed by atoms with Gasteiger partial charge in [-0.25, -0.2) is 9.59 Å². The Morgan fingerprint density at radius 2 is 1.23 bits per heavy atom. The van der Waals surface area contributed by atoms with E-state index in [9.17, 15) is 65.8 Å². The number of rotatable bonds is 13. The molecule has 0 aromatic rings. The van der Waals surface area contributed by atoms with Crippen LogP contribution in [0.15, 0.2) is 0 Å². The van der Waals surface area contributed by atoms with Crippen molar-refractivity contribution in [2.24, 2.45) is 0 Å². The van der Waals surface area contributed by atoms with Crippen LogP contribution in [0.2, 0.25) is 0 Å². The number of hydrogen-bond acceptors (Lipinski definition) is 18. The zero-order valence-electron chi connectivity index (χ0n) is 20.1. The molecule has 0 aromatic heterocycles. The second-order valence-electron chi connectivity index (χ2n) is 8.87. The summed E-state index contributed by atoms with van der Waals surface area (Å²) in [6, 6.07) is 0. The molecule has 0 unspecified atom stereocenters. The van der Waals surface area contributed by atoms with Crippen LogP contribution in [-0.2, 0) is 33.3 Å². The Kier molecular flexibility index (Phi) is 12.7. The van der Waals surface area contributed by atoms with E-state index in [0.29, 0.717) is 0 Å². The first kappa shape index (κ1) is 33.5. The average molecular weight is 578 g/mol. The van der Waals surface area contributed by atoms with Crippen LogP contribution >= 0.6 is 0 Å². The predicted molar refractivity (Wildman–Crippen MR) is 115 cm³/mol. The highest BCUT2D eigenvalue weighted by molar-refractivity contribution is 5.78. The molecule has 12 N–H and O–H groups in total. The van der Waals surface area contributed by atoms with E-state index in [0.717, 1.165) is 0 Å². The summed E-state index contributed by atoms with van der Waals surface area (Å²) in [4.78, 5) is 21.9. The SMILES string of the molecule is O=C(O)COC(=O)[C@H](O)[C@@H](O)[C@H](O)[C@H](O)CO[C@H]1O[C@H](CO[C@H]2O[C@H](CO)[C@@H](O)[C@H](O)[C@H]2O)[C@@H](O)[C@H](O)[C@H]1O. The van der Waals surface area contributed by atoms with Gasteiger partial charge in [-0.2, -0.15) is 0 Å². The molecule has 2 saturated heterocycles. The van der Waals surface area contributed by atoms with Crippen LogP contribution in [-0.4, -0.2) is 185 Å². The van der Waals surface area contributed by atoms with Gasteiger partial charge >= 0.3 is 11.9 Å². The van der Waals surface area contributed by atoms with Gasteiger partial charge in [-0.15, -0.1) is 0 Å². The second-order valence-corrected chi connectivity index (χ2v) is 8.87. The molecule has 2 fully saturated rings. The molecule has 0 saturated carbocycles. The van der Waals surface area contributed by atoms with Crippen molar-refractivity contribution in [1.82, 2.24) is 0 Å². The molecule has 0 amide bonds. The van der Waals surface area contributed by atoms with Crippen LogP contribution in [0.1, 0.15) is 0 Å². The minimum Gasteiger partial charge on any atom is -0.479 e. The van der Waals surface area contributed by atoms with Crippen molar-refractivity contribution in [3.8, 4) is 0 Å². The van der Waals surface area contributed by atoms with Crippen LogP contribution in [0.4, 0.5) is 0 Å². The Hall–Kier alpha value is -1.66. The van der Waals surface area contributed by atoms with Crippen molar-refractivity contribution in [2.45, 2.75) is 85.8 Å². The number of carbonyl (C=O) groups excluding carboxylic acids is 1. The summed E-state index contributed by atoms with van der Waals surface area (Å²) < 4.78 is 24.9. The Morgan fingerprint density at radius 3 is 1.77 bits per heavy atom. The van der Waals surface area contributed by atoms with Gasteiger partial charge in [0.2, 0.25) is 0 Å². The van der Waals surface area contributed by atoms with E-state index in [4.69, 9.17) is 24.1 Å². The van der Waals surface area contributed by atoms with E-state index in [1.165, 1.54) is 0 Å². The molecule has 228 valence electrons. The molecule has 0 spiro atoms. The van der Waals surface area contributed by atoms with Gasteiger partial charge in [0.1, 0.15) is 67.1 Å². The second kappa shape index (κ2) is 14.8. The molecule has 2 heterocycles. The number of aliphatic carboxylic acids is 1. The third kappa shape index (κ3) is 8.42. The summed E-state index contributed by atoms with van der Waals surface area (Å²) in [5, 5.41) is 117. The molecule has 39 heavy (non-hydrogen) atoms. The quantitative estimate of drug-likeness (QED) is 0.0902. The standard InChI is InChI=1S/C20H34O19/c21-1-6-10(26)13(29)16(32)20(38-6)37-3-7-11(27)14(30)17(33)19(39-7)36-2-5(22)9(25)12(28)15(31)18(34)35-4-8(23)24/h5-7,9-17,19-22,25-33H,1-4H2,(H,23,24)/t5-,6-,7-,9-,10-,11-,12+,13+,14+,15-,16-,17-,19+,20+/m1/s1. The van der Waals surface area contributed by atoms with Crippen LogP contribution in [0.5, 0.6) is 0 Å². The molecule has 0 aromatic carbocycles. The molecule has 2 rings (SSSR count). The van der Waals surface area contributed by atoms with Crippen LogP contribution in [0.3, 0.4) is 0 Å². The van der Waals surface area contributed by atoms with Crippen molar-refractivity contribution in [3.63, 3.8) is 0 Å². The van der Waals surface area contributed by atoms with Gasteiger partial charge in [0.15, 0.2) is 25.3 Å². The molecule has 0 radical (unpaired) electrons. The van der Waals surface area contributed by atoms with Crippen LogP contribution in [0, 0.1) is 0 Å². The van der Waals surface area contributed by atoms with Crippen molar-refractivity contribution < 1.29 is 94.6 Å². The van der Waals surface area contributed by atoms with Gasteiger partial charge < -0.3 is 85.0 Å². The van der Waals surface area contributed by atoms with Gasteiger partial charge in [0.25, 0.3) is 0 Å². The smallest absolute Gasteiger partial charge is 0.341 e. The van der Waals surface area contributed by atoms with Gasteiger partial charge in [-0.3, -0.25) is 0 Å². The number of carboxylic acid groups (broad SMARTS) is 1. The number of ether oxygens (including phenoxy) is 5. The Bertz CT molecular complexity index is 782. The number of aliphatic hydroxyl groups excluding tert-OH is 11. The van der Waals surface area contributed by atoms with E-state index in [1.807, 2.05) is 0 Å². The van der Waals surface area contributed by atoms with Crippen molar-refractivity contribution in [3.05, 3.63) is 0 Å². The number of hydrogen-bond donors (Lipinski definition) is 12. The van der Waals surface area contributed by atoms with E-state index in [-0.39, 0.29) is 0 Å². The maximum atomic E-state index is 11.5. The predicted octanol–water partition coefficient (Wildman–Crippen LogP) is -8.30. The maximum absolute atomic E-state index is 11.5. The Morgan fingerprint density at radius 1 is 0.718 bits per heavy atom. The summed E-state index contributed by atoms with van der Waals surface area (Å²) >= 11 is 0. The van der Waals surface area contributed by atoms with E-state index in [1.54, 1.807) is 0 Å². The fourth-order valence-electron chi connectivity index (χ4n) is 3.65. The fraction of sp³-hybridized carbons (Fsp3) is 0.900. The zero-order chi connectivity index (χ0) is 29.6. The third-order valence-corrected chi connectivity index (χ3v) is 6.02. The summed E-state index contributed by atoms with van der Waals surface area (Å²) in [5.74, 6) is -3.17. The van der Waals surface area contributed by atoms with E-state index in [2.05, 4.69) is 4.74 Å². The molecule has 19 heteroatoms. The summed E-state index contributed by atoms with van der Waals surface area (Å²) in [6.45, 7) is -3.49. The molecule has 2 aliphatic heterocycles. The van der Waals surface area contributed by atoms with E-state index < -0.39 is 124 Å². The van der Waals surface area contributed by atoms with Crippen LogP contribution in [0.25, 0.3) is 0 Å². The highest BCUT2D eigenvalue weighted by atomic mass is 16.7. The fourth-order valence-corrected chi connectivity index (χ4v) is 3.65. The topological polar surface area (TPSA) is 323 Å². The van der Waals surface area contributed by atoms with Gasteiger partial charge in [-0.05, 0) is 0 Å². The first-order chi connectivity index (χ1) is 18.2. The maximum Gasteiger partial charge on any atom is 0.341 e. The lowest BCUT2D eigenvalue weighted by molar-refractivity contribution is -0.333. The monoisotopic (exact) mass is 578 g/mol. The van der Waals surface area contributed by atoms with Gasteiger partial charge in [0, 0.05) is 0 Å². The molecule has 2 aliphatic rings. The average Bonchev–Trinajstić information content (AvgIpc) is 2.91. The zero-order valence-corrected chi connectivity index (χ0v) is 20.1. The first-order valence-corrected chi connectivity index (χ1v) is 11.5. The number of carbonyl (C=O) groups is 2. The summed E-state index contributed by atoms with van der Waals surface area (Å²) in [5.41, 5.74) is 0. The number of esters is 1.